The molecule has 166 valence electrons. The lowest BCUT2D eigenvalue weighted by atomic mass is 10.0. The average Bonchev–Trinajstić information content (AvgIpc) is 3.47. The zero-order valence-corrected chi connectivity index (χ0v) is 18.2. The Balaban J connectivity index is 1.65. The summed E-state index contributed by atoms with van der Waals surface area (Å²) < 4.78 is 5.75. The highest BCUT2D eigenvalue weighted by molar-refractivity contribution is 5.96. The van der Waals surface area contributed by atoms with Crippen LogP contribution in [0.2, 0.25) is 0 Å². The van der Waals surface area contributed by atoms with Crippen molar-refractivity contribution >= 4 is 17.7 Å². The van der Waals surface area contributed by atoms with Gasteiger partial charge in [0, 0.05) is 19.2 Å². The molecule has 2 heterocycles. The quantitative estimate of drug-likeness (QED) is 0.514. The third-order valence-corrected chi connectivity index (χ3v) is 5.37. The number of benzene rings is 1. The van der Waals surface area contributed by atoms with Crippen LogP contribution in [0.4, 0.5) is 0 Å². The predicted molar refractivity (Wildman–Crippen MR) is 117 cm³/mol. The number of nitrogens with one attached hydrogen (secondary N) is 4. The number of carbonyl (C=O) groups excluding carboxylic acids is 3. The fraction of sp³-hybridized carbons (Fsp3) is 0.435. The van der Waals surface area contributed by atoms with E-state index in [1.807, 2.05) is 38.1 Å². The Bertz CT molecular complexity index is 931. The first-order chi connectivity index (χ1) is 14.9. The molecule has 0 aliphatic carbocycles. The van der Waals surface area contributed by atoms with Crippen molar-refractivity contribution in [3.8, 4) is 11.3 Å². The molecule has 1 aliphatic rings. The Morgan fingerprint density at radius 2 is 2.00 bits per heavy atom. The third kappa shape index (κ3) is 5.73. The van der Waals surface area contributed by atoms with Crippen LogP contribution in [0.1, 0.15) is 42.8 Å². The molecule has 2 aromatic rings. The van der Waals surface area contributed by atoms with Crippen LogP contribution >= 0.6 is 0 Å². The van der Waals surface area contributed by atoms with Gasteiger partial charge < -0.3 is 25.7 Å². The zero-order chi connectivity index (χ0) is 22.4. The smallest absolute Gasteiger partial charge is 0.287 e. The van der Waals surface area contributed by atoms with Gasteiger partial charge in [-0.1, -0.05) is 32.0 Å². The first-order valence-electron chi connectivity index (χ1n) is 10.6. The van der Waals surface area contributed by atoms with Crippen molar-refractivity contribution in [2.24, 2.45) is 5.92 Å². The lowest BCUT2D eigenvalue weighted by Crippen LogP contribution is -2.48. The van der Waals surface area contributed by atoms with Gasteiger partial charge >= 0.3 is 0 Å². The summed E-state index contributed by atoms with van der Waals surface area (Å²) in [4.78, 5) is 36.7. The van der Waals surface area contributed by atoms with Crippen LogP contribution in [0.5, 0.6) is 0 Å². The van der Waals surface area contributed by atoms with E-state index in [0.717, 1.165) is 30.5 Å². The van der Waals surface area contributed by atoms with Crippen molar-refractivity contribution in [1.82, 2.24) is 21.3 Å². The van der Waals surface area contributed by atoms with E-state index >= 15 is 0 Å². The van der Waals surface area contributed by atoms with Gasteiger partial charge in [-0.05, 0) is 49.1 Å². The molecule has 8 heteroatoms. The Hall–Kier alpha value is -3.13. The highest BCUT2D eigenvalue weighted by Gasteiger charge is 2.25. The Morgan fingerprint density at radius 3 is 2.68 bits per heavy atom. The van der Waals surface area contributed by atoms with E-state index < -0.39 is 11.9 Å². The molecule has 31 heavy (non-hydrogen) atoms. The number of amides is 3. The van der Waals surface area contributed by atoms with Crippen LogP contribution in [0.3, 0.4) is 0 Å². The van der Waals surface area contributed by atoms with Crippen molar-refractivity contribution in [2.45, 2.75) is 45.3 Å². The van der Waals surface area contributed by atoms with Gasteiger partial charge in [-0.15, -0.1) is 0 Å². The Kier molecular flexibility index (Phi) is 7.46. The molecular weight excluding hydrogens is 396 g/mol. The Morgan fingerprint density at radius 1 is 1.19 bits per heavy atom. The summed E-state index contributed by atoms with van der Waals surface area (Å²) in [6.45, 7) is 5.02. The highest BCUT2D eigenvalue weighted by atomic mass is 16.4. The SMILES string of the molecule is CNC(=O)[C@@H](NC(=O)c1ccc(-c2cccc(CNC(=O)C3CCCN3)c2)o1)C(C)C. The molecule has 1 fully saturated rings. The molecule has 0 saturated carbocycles. The van der Waals surface area contributed by atoms with Gasteiger partial charge in [0.05, 0.1) is 6.04 Å². The second kappa shape index (κ2) is 10.3. The molecule has 1 aromatic carbocycles. The van der Waals surface area contributed by atoms with Gasteiger partial charge in [-0.25, -0.2) is 0 Å². The first-order valence-corrected chi connectivity index (χ1v) is 10.6. The van der Waals surface area contributed by atoms with Crippen molar-refractivity contribution in [2.75, 3.05) is 13.6 Å². The van der Waals surface area contributed by atoms with E-state index in [9.17, 15) is 14.4 Å². The first kappa shape index (κ1) is 22.6. The van der Waals surface area contributed by atoms with E-state index in [1.165, 1.54) is 7.05 Å². The van der Waals surface area contributed by atoms with Gasteiger partial charge in [-0.3, -0.25) is 14.4 Å². The van der Waals surface area contributed by atoms with E-state index in [0.29, 0.717) is 12.3 Å². The monoisotopic (exact) mass is 426 g/mol. The summed E-state index contributed by atoms with van der Waals surface area (Å²) in [5.41, 5.74) is 1.74. The molecule has 2 atom stereocenters. The van der Waals surface area contributed by atoms with Crippen LogP contribution < -0.4 is 21.3 Å². The van der Waals surface area contributed by atoms with E-state index in [1.54, 1.807) is 12.1 Å². The van der Waals surface area contributed by atoms with Gasteiger partial charge in [0.25, 0.3) is 5.91 Å². The van der Waals surface area contributed by atoms with Crippen molar-refractivity contribution in [1.29, 1.82) is 0 Å². The second-order valence-electron chi connectivity index (χ2n) is 8.04. The minimum absolute atomic E-state index is 0.00989. The van der Waals surface area contributed by atoms with Gasteiger partial charge in [-0.2, -0.15) is 0 Å². The predicted octanol–water partition coefficient (Wildman–Crippen LogP) is 1.82. The molecule has 1 aromatic heterocycles. The molecule has 3 rings (SSSR count). The number of hydrogen-bond acceptors (Lipinski definition) is 5. The van der Waals surface area contributed by atoms with Crippen LogP contribution in [-0.2, 0) is 16.1 Å². The molecule has 1 aliphatic heterocycles. The fourth-order valence-electron chi connectivity index (χ4n) is 3.57. The number of likely N-dealkylation sites (N-methyl/N-ethyl adjacent to an activating group) is 1. The molecule has 0 bridgehead atoms. The third-order valence-electron chi connectivity index (χ3n) is 5.37. The van der Waals surface area contributed by atoms with Gasteiger partial charge in [0.15, 0.2) is 5.76 Å². The Labute approximate surface area is 182 Å². The molecule has 1 saturated heterocycles. The maximum atomic E-state index is 12.6. The van der Waals surface area contributed by atoms with Crippen molar-refractivity contribution in [3.63, 3.8) is 0 Å². The average molecular weight is 427 g/mol. The van der Waals surface area contributed by atoms with Crippen molar-refractivity contribution in [3.05, 3.63) is 47.7 Å². The number of carbonyl (C=O) groups is 3. The van der Waals surface area contributed by atoms with Gasteiger partial charge in [0.2, 0.25) is 11.8 Å². The molecule has 8 nitrogen and oxygen atoms in total. The number of hydrogen-bond donors (Lipinski definition) is 4. The van der Waals surface area contributed by atoms with Crippen LogP contribution in [0.25, 0.3) is 11.3 Å². The topological polar surface area (TPSA) is 112 Å². The zero-order valence-electron chi connectivity index (χ0n) is 18.2. The van der Waals surface area contributed by atoms with E-state index in [4.69, 9.17) is 4.42 Å². The lowest BCUT2D eigenvalue weighted by molar-refractivity contribution is -0.124. The summed E-state index contributed by atoms with van der Waals surface area (Å²) in [7, 11) is 1.54. The lowest BCUT2D eigenvalue weighted by Gasteiger charge is -2.19. The minimum atomic E-state index is -0.646. The van der Waals surface area contributed by atoms with Gasteiger partial charge in [0.1, 0.15) is 11.8 Å². The van der Waals surface area contributed by atoms with Crippen LogP contribution in [-0.4, -0.2) is 43.4 Å². The molecular formula is C23H30N4O4. The molecule has 3 amide bonds. The summed E-state index contributed by atoms with van der Waals surface area (Å²) in [6, 6.07) is 10.2. The molecule has 0 spiro atoms. The summed E-state index contributed by atoms with van der Waals surface area (Å²) in [6.07, 6.45) is 1.88. The number of rotatable bonds is 8. The fourth-order valence-corrected chi connectivity index (χ4v) is 3.57. The summed E-state index contributed by atoms with van der Waals surface area (Å²) in [5.74, 6) is -0.0774. The van der Waals surface area contributed by atoms with E-state index in [2.05, 4.69) is 21.3 Å². The largest absolute Gasteiger partial charge is 0.451 e. The normalized spacial score (nSPS) is 16.7. The van der Waals surface area contributed by atoms with Crippen LogP contribution in [0, 0.1) is 5.92 Å². The minimum Gasteiger partial charge on any atom is -0.451 e. The maximum absolute atomic E-state index is 12.6. The summed E-state index contributed by atoms with van der Waals surface area (Å²) >= 11 is 0. The second-order valence-corrected chi connectivity index (χ2v) is 8.04. The van der Waals surface area contributed by atoms with E-state index in [-0.39, 0.29) is 29.5 Å². The molecule has 1 unspecified atom stereocenters. The maximum Gasteiger partial charge on any atom is 0.287 e. The molecule has 0 radical (unpaired) electrons. The molecule has 4 N–H and O–H groups in total. The van der Waals surface area contributed by atoms with Crippen LogP contribution in [0.15, 0.2) is 40.8 Å². The number of furan rings is 1. The van der Waals surface area contributed by atoms with Crippen molar-refractivity contribution < 1.29 is 18.8 Å². The standard InChI is InChI=1S/C23H30N4O4/c1-14(2)20(23(30)24-3)27-22(29)19-10-9-18(31-19)16-7-4-6-15(12-16)13-26-21(28)17-8-5-11-25-17/h4,6-7,9-10,12,14,17,20,25H,5,8,11,13H2,1-3H3,(H,24,30)(H,26,28)(H,27,29)/t17?,20-/m0/s1. The summed E-state index contributed by atoms with van der Waals surface area (Å²) in [5, 5.41) is 11.4. The highest BCUT2D eigenvalue weighted by Crippen LogP contribution is 2.23.